The maximum Gasteiger partial charge on any atom is 0.223 e. The van der Waals surface area contributed by atoms with Crippen LogP contribution >= 0.6 is 0 Å². The molecule has 2 rings (SSSR count). The van der Waals surface area contributed by atoms with Gasteiger partial charge in [-0.05, 0) is 31.4 Å². The Bertz CT molecular complexity index is 528. The fourth-order valence-electron chi connectivity index (χ4n) is 2.44. The van der Waals surface area contributed by atoms with Crippen LogP contribution in [0.3, 0.4) is 0 Å². The average Bonchev–Trinajstić information content (AvgIpc) is 2.92. The molecule has 1 aromatic carbocycles. The molecule has 1 aliphatic carbocycles. The van der Waals surface area contributed by atoms with Gasteiger partial charge in [-0.1, -0.05) is 0 Å². The van der Waals surface area contributed by atoms with E-state index in [1.54, 1.807) is 0 Å². The van der Waals surface area contributed by atoms with E-state index in [9.17, 15) is 18.7 Å². The van der Waals surface area contributed by atoms with E-state index in [1.807, 2.05) is 0 Å². The lowest BCUT2D eigenvalue weighted by Gasteiger charge is -2.15. The predicted octanol–water partition coefficient (Wildman–Crippen LogP) is 0.948. The zero-order chi connectivity index (χ0) is 16.1. The number of carbonyl (C=O) groups excluding carboxylic acids is 1. The summed E-state index contributed by atoms with van der Waals surface area (Å²) >= 11 is 0. The van der Waals surface area contributed by atoms with Crippen molar-refractivity contribution in [1.82, 2.24) is 5.32 Å². The number of hydrogen-bond donors (Lipinski definition) is 3. The topological polar surface area (TPSA) is 84.6 Å². The minimum atomic E-state index is -1.02. The fraction of sp³-hybridized carbons (Fsp3) is 0.533. The van der Waals surface area contributed by atoms with Gasteiger partial charge in [0.05, 0.1) is 0 Å². The third kappa shape index (κ3) is 4.64. The van der Waals surface area contributed by atoms with Crippen LogP contribution in [0.15, 0.2) is 18.2 Å². The number of nitrogens with two attached hydrogens (primary N) is 1. The van der Waals surface area contributed by atoms with Gasteiger partial charge in [-0.15, -0.1) is 0 Å². The van der Waals surface area contributed by atoms with Crippen molar-refractivity contribution in [1.29, 1.82) is 0 Å². The number of rotatable bonds is 6. The first-order valence-corrected chi connectivity index (χ1v) is 7.25. The van der Waals surface area contributed by atoms with Gasteiger partial charge in [0.2, 0.25) is 5.91 Å². The highest BCUT2D eigenvalue weighted by Gasteiger charge is 2.27. The number of halogens is 2. The molecule has 122 valence electrons. The third-order valence-corrected chi connectivity index (χ3v) is 3.69. The first kappa shape index (κ1) is 16.6. The molecule has 4 N–H and O–H groups in total. The Balaban J connectivity index is 1.70. The van der Waals surface area contributed by atoms with Crippen LogP contribution < -0.4 is 15.8 Å². The summed E-state index contributed by atoms with van der Waals surface area (Å²) < 4.78 is 30.9. The Morgan fingerprint density at radius 1 is 1.41 bits per heavy atom. The molecule has 0 aromatic heterocycles. The van der Waals surface area contributed by atoms with Gasteiger partial charge < -0.3 is 20.9 Å². The summed E-state index contributed by atoms with van der Waals surface area (Å²) in [5.41, 5.74) is 5.75. The zero-order valence-corrected chi connectivity index (χ0v) is 12.1. The second-order valence-corrected chi connectivity index (χ2v) is 5.56. The van der Waals surface area contributed by atoms with Crippen LogP contribution in [0.1, 0.15) is 19.3 Å². The van der Waals surface area contributed by atoms with E-state index in [4.69, 9.17) is 10.5 Å². The minimum Gasteiger partial charge on any atom is -0.491 e. The maximum atomic E-state index is 13.0. The van der Waals surface area contributed by atoms with E-state index in [1.165, 1.54) is 6.07 Å². The van der Waals surface area contributed by atoms with Crippen LogP contribution in [0, 0.1) is 17.6 Å². The normalized spacial score (nSPS) is 22.4. The van der Waals surface area contributed by atoms with E-state index in [0.717, 1.165) is 25.0 Å². The summed E-state index contributed by atoms with van der Waals surface area (Å²) in [6, 6.07) is 3.18. The van der Waals surface area contributed by atoms with Gasteiger partial charge in [-0.25, -0.2) is 8.78 Å². The Morgan fingerprint density at radius 2 is 2.18 bits per heavy atom. The maximum absolute atomic E-state index is 13.0. The molecule has 1 aromatic rings. The lowest BCUT2D eigenvalue weighted by Crippen LogP contribution is -2.38. The molecule has 0 aliphatic heterocycles. The largest absolute Gasteiger partial charge is 0.491 e. The molecular formula is C15H20F2N2O3. The molecule has 5 nitrogen and oxygen atoms in total. The van der Waals surface area contributed by atoms with Crippen molar-refractivity contribution in [2.24, 2.45) is 11.7 Å². The van der Waals surface area contributed by atoms with E-state index in [2.05, 4.69) is 5.32 Å². The number of benzene rings is 1. The molecule has 1 aliphatic rings. The van der Waals surface area contributed by atoms with Crippen molar-refractivity contribution in [2.75, 3.05) is 13.2 Å². The predicted molar refractivity (Wildman–Crippen MR) is 76.2 cm³/mol. The van der Waals surface area contributed by atoms with Crippen LogP contribution in [0.4, 0.5) is 8.78 Å². The second-order valence-electron chi connectivity index (χ2n) is 5.56. The quantitative estimate of drug-likeness (QED) is 0.730. The summed E-state index contributed by atoms with van der Waals surface area (Å²) in [7, 11) is 0. The highest BCUT2D eigenvalue weighted by molar-refractivity contribution is 5.79. The zero-order valence-electron chi connectivity index (χ0n) is 12.1. The molecule has 1 saturated carbocycles. The molecule has 0 spiro atoms. The van der Waals surface area contributed by atoms with E-state index < -0.39 is 17.7 Å². The van der Waals surface area contributed by atoms with Crippen molar-refractivity contribution in [3.05, 3.63) is 29.8 Å². The average molecular weight is 314 g/mol. The molecule has 22 heavy (non-hydrogen) atoms. The monoisotopic (exact) mass is 314 g/mol. The van der Waals surface area contributed by atoms with Crippen LogP contribution in [0.25, 0.3) is 0 Å². The molecule has 1 fully saturated rings. The Morgan fingerprint density at radius 3 is 2.82 bits per heavy atom. The Labute approximate surface area is 127 Å². The summed E-state index contributed by atoms with van der Waals surface area (Å²) in [6.07, 6.45) is 1.31. The van der Waals surface area contributed by atoms with Gasteiger partial charge in [-0.2, -0.15) is 0 Å². The van der Waals surface area contributed by atoms with E-state index in [-0.39, 0.29) is 36.8 Å². The van der Waals surface area contributed by atoms with Crippen LogP contribution in [-0.4, -0.2) is 36.3 Å². The molecule has 7 heteroatoms. The van der Waals surface area contributed by atoms with Gasteiger partial charge in [0, 0.05) is 24.6 Å². The SMILES string of the molecule is NC1CCC(C(=O)NCC(O)COc2ccc(F)c(F)c2)C1. The summed E-state index contributed by atoms with van der Waals surface area (Å²) in [5.74, 6) is -2.09. The highest BCUT2D eigenvalue weighted by Crippen LogP contribution is 2.24. The van der Waals surface area contributed by atoms with E-state index in [0.29, 0.717) is 6.42 Å². The summed E-state index contributed by atoms with van der Waals surface area (Å²) in [5, 5.41) is 12.4. The highest BCUT2D eigenvalue weighted by atomic mass is 19.2. The van der Waals surface area contributed by atoms with Crippen LogP contribution in [-0.2, 0) is 4.79 Å². The molecule has 3 unspecified atom stereocenters. The Hall–Kier alpha value is -1.73. The third-order valence-electron chi connectivity index (χ3n) is 3.69. The van der Waals surface area contributed by atoms with Crippen molar-refractivity contribution in [2.45, 2.75) is 31.4 Å². The number of carbonyl (C=O) groups is 1. The lowest BCUT2D eigenvalue weighted by molar-refractivity contribution is -0.125. The molecular weight excluding hydrogens is 294 g/mol. The standard InChI is InChI=1S/C15H20F2N2O3/c16-13-4-3-12(6-14(13)17)22-8-11(20)7-19-15(21)9-1-2-10(18)5-9/h3-4,6,9-11,20H,1-2,5,7-8,18H2,(H,19,21). The van der Waals surface area contributed by atoms with E-state index >= 15 is 0 Å². The van der Waals surface area contributed by atoms with Gasteiger partial charge >= 0.3 is 0 Å². The number of ether oxygens (including phenoxy) is 1. The van der Waals surface area contributed by atoms with Crippen molar-refractivity contribution < 1.29 is 23.4 Å². The van der Waals surface area contributed by atoms with Crippen molar-refractivity contribution in [3.8, 4) is 5.75 Å². The first-order valence-electron chi connectivity index (χ1n) is 7.25. The molecule has 0 radical (unpaired) electrons. The molecule has 0 saturated heterocycles. The molecule has 3 atom stereocenters. The fourth-order valence-corrected chi connectivity index (χ4v) is 2.44. The molecule has 0 heterocycles. The summed E-state index contributed by atoms with van der Waals surface area (Å²) in [6.45, 7) is -0.0935. The van der Waals surface area contributed by atoms with Crippen LogP contribution in [0.5, 0.6) is 5.75 Å². The number of aliphatic hydroxyl groups is 1. The summed E-state index contributed by atoms with van der Waals surface area (Å²) in [4.78, 5) is 11.8. The van der Waals surface area contributed by atoms with Gasteiger partial charge in [0.1, 0.15) is 18.5 Å². The smallest absolute Gasteiger partial charge is 0.223 e. The number of aliphatic hydroxyl groups excluding tert-OH is 1. The Kier molecular flexibility index (Phi) is 5.68. The van der Waals surface area contributed by atoms with Crippen molar-refractivity contribution >= 4 is 5.91 Å². The second kappa shape index (κ2) is 7.51. The van der Waals surface area contributed by atoms with Crippen molar-refractivity contribution in [3.63, 3.8) is 0 Å². The number of hydrogen-bond acceptors (Lipinski definition) is 4. The number of amides is 1. The number of nitrogens with one attached hydrogen (secondary N) is 1. The molecule has 0 bridgehead atoms. The minimum absolute atomic E-state index is 0.0360. The van der Waals surface area contributed by atoms with Gasteiger partial charge in [0.15, 0.2) is 11.6 Å². The van der Waals surface area contributed by atoms with Gasteiger partial charge in [0.25, 0.3) is 0 Å². The van der Waals surface area contributed by atoms with Crippen LogP contribution in [0.2, 0.25) is 0 Å². The first-order chi connectivity index (χ1) is 10.5. The lowest BCUT2D eigenvalue weighted by atomic mass is 10.1. The molecule has 1 amide bonds. The van der Waals surface area contributed by atoms with Gasteiger partial charge in [-0.3, -0.25) is 4.79 Å².